The van der Waals surface area contributed by atoms with Crippen LogP contribution in [0.2, 0.25) is 0 Å². The van der Waals surface area contributed by atoms with Gasteiger partial charge in [-0.3, -0.25) is 0 Å². The van der Waals surface area contributed by atoms with Crippen LogP contribution in [-0.2, 0) is 15.1 Å². The molecular formula is C13H18O3. The molecule has 3 heteroatoms. The van der Waals surface area contributed by atoms with Crippen LogP contribution in [0.15, 0.2) is 30.3 Å². The first-order chi connectivity index (χ1) is 7.58. The van der Waals surface area contributed by atoms with Crippen molar-refractivity contribution in [3.05, 3.63) is 35.9 Å². The number of hydrogen-bond acceptors (Lipinski definition) is 3. The van der Waals surface area contributed by atoms with Gasteiger partial charge in [-0.2, -0.15) is 0 Å². The van der Waals surface area contributed by atoms with E-state index in [9.17, 15) is 5.11 Å². The molecule has 1 unspecified atom stereocenters. The van der Waals surface area contributed by atoms with E-state index < -0.39 is 11.4 Å². The summed E-state index contributed by atoms with van der Waals surface area (Å²) in [5, 5.41) is 9.19. The minimum absolute atomic E-state index is 0.0916. The van der Waals surface area contributed by atoms with Gasteiger partial charge in [-0.05, 0) is 19.4 Å². The third-order valence-corrected chi connectivity index (χ3v) is 2.91. The van der Waals surface area contributed by atoms with Crippen LogP contribution in [0.1, 0.15) is 25.8 Å². The molecule has 16 heavy (non-hydrogen) atoms. The maximum Gasteiger partial charge on any atom is 0.164 e. The van der Waals surface area contributed by atoms with Gasteiger partial charge in [0.2, 0.25) is 0 Å². The molecule has 1 saturated heterocycles. The van der Waals surface area contributed by atoms with Gasteiger partial charge in [0.1, 0.15) is 5.60 Å². The van der Waals surface area contributed by atoms with E-state index in [4.69, 9.17) is 9.47 Å². The van der Waals surface area contributed by atoms with Gasteiger partial charge in [-0.25, -0.2) is 0 Å². The molecule has 1 aromatic rings. The fourth-order valence-corrected chi connectivity index (χ4v) is 2.15. The zero-order chi connectivity index (χ0) is 11.6. The molecular weight excluding hydrogens is 204 g/mol. The molecule has 88 valence electrons. The van der Waals surface area contributed by atoms with Gasteiger partial charge in [-0.15, -0.1) is 0 Å². The quantitative estimate of drug-likeness (QED) is 0.850. The number of ether oxygens (including phenoxy) is 2. The molecule has 1 atom stereocenters. The molecule has 1 aliphatic heterocycles. The lowest BCUT2D eigenvalue weighted by molar-refractivity contribution is -0.166. The Bertz CT molecular complexity index is 347. The number of benzene rings is 1. The summed E-state index contributed by atoms with van der Waals surface area (Å²) in [6, 6.07) is 9.95. The van der Waals surface area contributed by atoms with Crippen molar-refractivity contribution in [1.29, 1.82) is 0 Å². The zero-order valence-corrected chi connectivity index (χ0v) is 9.77. The lowest BCUT2D eigenvalue weighted by Gasteiger charge is -2.29. The Hall–Kier alpha value is -0.900. The van der Waals surface area contributed by atoms with Crippen LogP contribution >= 0.6 is 0 Å². The Morgan fingerprint density at radius 3 is 2.44 bits per heavy atom. The van der Waals surface area contributed by atoms with Crippen molar-refractivity contribution in [3.8, 4) is 0 Å². The van der Waals surface area contributed by atoms with E-state index in [1.807, 2.05) is 44.2 Å². The normalized spacial score (nSPS) is 28.2. The minimum atomic E-state index is -0.578. The predicted molar refractivity (Wildman–Crippen MR) is 60.9 cm³/mol. The average molecular weight is 222 g/mol. The van der Waals surface area contributed by atoms with Crippen LogP contribution in [0.3, 0.4) is 0 Å². The summed E-state index contributed by atoms with van der Waals surface area (Å²) >= 11 is 0. The SMILES string of the molecule is CC1(C)OCC(CCO)(c2ccccc2)O1. The smallest absolute Gasteiger partial charge is 0.164 e. The summed E-state index contributed by atoms with van der Waals surface area (Å²) in [7, 11) is 0. The highest BCUT2D eigenvalue weighted by molar-refractivity contribution is 5.24. The Labute approximate surface area is 96.0 Å². The molecule has 0 radical (unpaired) electrons. The lowest BCUT2D eigenvalue weighted by atomic mass is 9.91. The van der Waals surface area contributed by atoms with E-state index in [0.29, 0.717) is 13.0 Å². The molecule has 0 saturated carbocycles. The first-order valence-corrected chi connectivity index (χ1v) is 5.59. The highest BCUT2D eigenvalue weighted by atomic mass is 16.8. The van der Waals surface area contributed by atoms with E-state index in [-0.39, 0.29) is 6.61 Å². The minimum Gasteiger partial charge on any atom is -0.396 e. The van der Waals surface area contributed by atoms with E-state index in [1.165, 1.54) is 0 Å². The van der Waals surface area contributed by atoms with Crippen LogP contribution in [-0.4, -0.2) is 24.1 Å². The van der Waals surface area contributed by atoms with Gasteiger partial charge in [0.15, 0.2) is 5.79 Å². The average Bonchev–Trinajstić information content (AvgIpc) is 2.58. The van der Waals surface area contributed by atoms with Gasteiger partial charge in [-0.1, -0.05) is 30.3 Å². The molecule has 1 fully saturated rings. The largest absolute Gasteiger partial charge is 0.396 e. The second-order valence-corrected chi connectivity index (χ2v) is 4.62. The Morgan fingerprint density at radius 2 is 1.94 bits per heavy atom. The third-order valence-electron chi connectivity index (χ3n) is 2.91. The third kappa shape index (κ3) is 2.12. The maximum atomic E-state index is 9.19. The lowest BCUT2D eigenvalue weighted by Crippen LogP contribution is -2.32. The first kappa shape index (κ1) is 11.6. The summed E-state index contributed by atoms with van der Waals surface area (Å²) in [5.74, 6) is -0.578. The van der Waals surface area contributed by atoms with E-state index in [0.717, 1.165) is 5.56 Å². The summed E-state index contributed by atoms with van der Waals surface area (Å²) in [6.07, 6.45) is 0.556. The Kier molecular flexibility index (Phi) is 3.02. The predicted octanol–water partition coefficient (Wildman–Crippen LogP) is 2.05. The molecule has 0 bridgehead atoms. The van der Waals surface area contributed by atoms with Crippen LogP contribution in [0, 0.1) is 0 Å². The van der Waals surface area contributed by atoms with E-state index >= 15 is 0 Å². The summed E-state index contributed by atoms with van der Waals surface area (Å²) in [6.45, 7) is 4.38. The molecule has 1 N–H and O–H groups in total. The second-order valence-electron chi connectivity index (χ2n) is 4.62. The molecule has 0 spiro atoms. The molecule has 1 heterocycles. The van der Waals surface area contributed by atoms with Crippen LogP contribution in [0.25, 0.3) is 0 Å². The Morgan fingerprint density at radius 1 is 1.25 bits per heavy atom. The van der Waals surface area contributed by atoms with Crippen molar-refractivity contribution in [2.24, 2.45) is 0 Å². The summed E-state index contributed by atoms with van der Waals surface area (Å²) in [4.78, 5) is 0. The molecule has 1 aromatic carbocycles. The first-order valence-electron chi connectivity index (χ1n) is 5.59. The molecule has 0 amide bonds. The maximum absolute atomic E-state index is 9.19. The zero-order valence-electron chi connectivity index (χ0n) is 9.77. The van der Waals surface area contributed by atoms with Crippen LogP contribution in [0.4, 0.5) is 0 Å². The second kappa shape index (κ2) is 4.17. The molecule has 0 aliphatic carbocycles. The fraction of sp³-hybridized carbons (Fsp3) is 0.538. The topological polar surface area (TPSA) is 38.7 Å². The number of aliphatic hydroxyl groups is 1. The van der Waals surface area contributed by atoms with Crippen LogP contribution < -0.4 is 0 Å². The van der Waals surface area contributed by atoms with Crippen molar-refractivity contribution in [3.63, 3.8) is 0 Å². The van der Waals surface area contributed by atoms with Crippen molar-refractivity contribution < 1.29 is 14.6 Å². The van der Waals surface area contributed by atoms with Crippen molar-refractivity contribution >= 4 is 0 Å². The van der Waals surface area contributed by atoms with Crippen molar-refractivity contribution in [2.75, 3.05) is 13.2 Å². The summed E-state index contributed by atoms with van der Waals surface area (Å²) < 4.78 is 11.6. The van der Waals surface area contributed by atoms with Crippen molar-refractivity contribution in [2.45, 2.75) is 31.7 Å². The van der Waals surface area contributed by atoms with Gasteiger partial charge in [0, 0.05) is 13.0 Å². The van der Waals surface area contributed by atoms with Gasteiger partial charge >= 0.3 is 0 Å². The monoisotopic (exact) mass is 222 g/mol. The number of hydrogen-bond donors (Lipinski definition) is 1. The van der Waals surface area contributed by atoms with Gasteiger partial charge < -0.3 is 14.6 Å². The van der Waals surface area contributed by atoms with E-state index in [2.05, 4.69) is 0 Å². The van der Waals surface area contributed by atoms with Crippen LogP contribution in [0.5, 0.6) is 0 Å². The molecule has 1 aliphatic rings. The number of aliphatic hydroxyl groups excluding tert-OH is 1. The Balaban J connectivity index is 2.31. The number of rotatable bonds is 3. The fourth-order valence-electron chi connectivity index (χ4n) is 2.15. The molecule has 2 rings (SSSR count). The molecule has 0 aromatic heterocycles. The highest BCUT2D eigenvalue weighted by Gasteiger charge is 2.46. The summed E-state index contributed by atoms with van der Waals surface area (Å²) in [5.41, 5.74) is 0.564. The van der Waals surface area contributed by atoms with Gasteiger partial charge in [0.25, 0.3) is 0 Å². The standard InChI is InChI=1S/C13H18O3/c1-12(2)15-10-13(16-12,8-9-14)11-6-4-3-5-7-11/h3-7,14H,8-10H2,1-2H3. The highest BCUT2D eigenvalue weighted by Crippen LogP contribution is 2.40. The molecule has 3 nitrogen and oxygen atoms in total. The van der Waals surface area contributed by atoms with Gasteiger partial charge in [0.05, 0.1) is 6.61 Å². The van der Waals surface area contributed by atoms with E-state index in [1.54, 1.807) is 0 Å². The van der Waals surface area contributed by atoms with Crippen molar-refractivity contribution in [1.82, 2.24) is 0 Å².